The van der Waals surface area contributed by atoms with E-state index in [0.29, 0.717) is 11.1 Å². The third kappa shape index (κ3) is 2.57. The van der Waals surface area contributed by atoms with Crippen molar-refractivity contribution in [1.82, 2.24) is 9.97 Å². The zero-order valence-corrected chi connectivity index (χ0v) is 12.7. The molecule has 0 aliphatic heterocycles. The first-order chi connectivity index (χ1) is 9.65. The summed E-state index contributed by atoms with van der Waals surface area (Å²) >= 11 is 6.22. The van der Waals surface area contributed by atoms with Gasteiger partial charge in [-0.1, -0.05) is 42.6 Å². The van der Waals surface area contributed by atoms with Gasteiger partial charge in [-0.15, -0.1) is 0 Å². The highest BCUT2D eigenvalue weighted by Crippen LogP contribution is 2.35. The molecule has 20 heavy (non-hydrogen) atoms. The number of hydrogen-bond acceptors (Lipinski definition) is 2. The zero-order valence-electron chi connectivity index (χ0n) is 12.0. The third-order valence-electron chi connectivity index (χ3n) is 4.33. The van der Waals surface area contributed by atoms with E-state index >= 15 is 0 Å². The first-order valence-corrected chi connectivity index (χ1v) is 7.64. The molecule has 0 N–H and O–H groups in total. The van der Waals surface area contributed by atoms with Crippen LogP contribution in [-0.4, -0.2) is 9.97 Å². The Kier molecular flexibility index (Phi) is 3.75. The molecule has 0 bridgehead atoms. The molecule has 0 radical (unpaired) electrons. The van der Waals surface area contributed by atoms with Crippen LogP contribution in [0.2, 0.25) is 5.15 Å². The normalized spacial score (nSPS) is 15.8. The van der Waals surface area contributed by atoms with Crippen molar-refractivity contribution in [2.45, 2.75) is 45.4 Å². The van der Waals surface area contributed by atoms with Crippen molar-refractivity contribution in [3.05, 3.63) is 46.2 Å². The number of benzene rings is 1. The first kappa shape index (κ1) is 13.6. The van der Waals surface area contributed by atoms with Gasteiger partial charge in [0.05, 0.1) is 0 Å². The van der Waals surface area contributed by atoms with Crippen molar-refractivity contribution in [3.63, 3.8) is 0 Å². The first-order valence-electron chi connectivity index (χ1n) is 7.26. The molecule has 104 valence electrons. The van der Waals surface area contributed by atoms with Crippen molar-refractivity contribution in [2.24, 2.45) is 0 Å². The number of halogens is 1. The van der Waals surface area contributed by atoms with E-state index in [1.54, 1.807) is 0 Å². The van der Waals surface area contributed by atoms with E-state index in [-0.39, 0.29) is 0 Å². The summed E-state index contributed by atoms with van der Waals surface area (Å²) in [4.78, 5) is 9.22. The smallest absolute Gasteiger partial charge is 0.161 e. The Balaban J connectivity index is 2.07. The summed E-state index contributed by atoms with van der Waals surface area (Å²) in [5, 5.41) is 0.554. The molecule has 0 amide bonds. The van der Waals surface area contributed by atoms with Gasteiger partial charge < -0.3 is 0 Å². The predicted molar refractivity (Wildman–Crippen MR) is 83.2 cm³/mol. The van der Waals surface area contributed by atoms with Gasteiger partial charge in [-0.25, -0.2) is 9.97 Å². The molecule has 0 unspecified atom stereocenters. The molecule has 1 aliphatic rings. The van der Waals surface area contributed by atoms with Crippen molar-refractivity contribution in [2.75, 3.05) is 0 Å². The summed E-state index contributed by atoms with van der Waals surface area (Å²) in [6.45, 7) is 4.23. The lowest BCUT2D eigenvalue weighted by Crippen LogP contribution is -2.01. The van der Waals surface area contributed by atoms with Crippen molar-refractivity contribution in [3.8, 4) is 11.4 Å². The molecule has 0 saturated heterocycles. The largest absolute Gasteiger partial charge is 0.233 e. The Hall–Kier alpha value is -1.41. The minimum absolute atomic E-state index is 0.554. The number of aromatic nitrogens is 2. The molecule has 2 aromatic rings. The summed E-state index contributed by atoms with van der Waals surface area (Å²) in [5.74, 6) is 1.32. The van der Waals surface area contributed by atoms with E-state index < -0.39 is 0 Å². The van der Waals surface area contributed by atoms with Gasteiger partial charge in [-0.2, -0.15) is 0 Å². The maximum Gasteiger partial charge on any atom is 0.161 e. The summed E-state index contributed by atoms with van der Waals surface area (Å²) in [7, 11) is 0. The number of aryl methyl sites for hydroxylation is 1. The van der Waals surface area contributed by atoms with Crippen LogP contribution in [0.1, 0.15) is 48.4 Å². The van der Waals surface area contributed by atoms with E-state index in [1.165, 1.54) is 36.8 Å². The van der Waals surface area contributed by atoms with E-state index in [2.05, 4.69) is 37.0 Å². The number of nitrogens with zero attached hydrogens (tertiary/aromatic N) is 2. The highest BCUT2D eigenvalue weighted by Gasteiger charge is 2.20. The molecule has 3 heteroatoms. The Morgan fingerprint density at radius 1 is 1.10 bits per heavy atom. The number of rotatable bonds is 2. The van der Waals surface area contributed by atoms with Gasteiger partial charge in [-0.05, 0) is 43.9 Å². The fraction of sp³-hybridized carbons (Fsp3) is 0.412. The topological polar surface area (TPSA) is 25.8 Å². The number of hydrogen-bond donors (Lipinski definition) is 0. The summed E-state index contributed by atoms with van der Waals surface area (Å²) in [6.07, 6.45) is 5.04. The Morgan fingerprint density at radius 2 is 1.85 bits per heavy atom. The van der Waals surface area contributed by atoms with Gasteiger partial charge in [0.25, 0.3) is 0 Å². The lowest BCUT2D eigenvalue weighted by Gasteiger charge is -2.12. The van der Waals surface area contributed by atoms with Crippen LogP contribution in [0.5, 0.6) is 0 Å². The summed E-state index contributed by atoms with van der Waals surface area (Å²) < 4.78 is 0. The summed E-state index contributed by atoms with van der Waals surface area (Å²) in [5.41, 5.74) is 4.69. The van der Waals surface area contributed by atoms with E-state index in [1.807, 2.05) is 6.07 Å². The second-order valence-electron chi connectivity index (χ2n) is 5.67. The molecule has 1 saturated carbocycles. The standard InChI is InChI=1S/C17H19ClN2/c1-11-6-5-9-14(12(11)2)17-19-15(10-16(18)20-17)13-7-3-4-8-13/h5-6,9-10,13H,3-4,7-8H2,1-2H3. The molecule has 1 aromatic carbocycles. The van der Waals surface area contributed by atoms with Gasteiger partial charge in [0.1, 0.15) is 5.15 Å². The van der Waals surface area contributed by atoms with E-state index in [0.717, 1.165) is 17.1 Å². The average molecular weight is 287 g/mol. The highest BCUT2D eigenvalue weighted by atomic mass is 35.5. The maximum absolute atomic E-state index is 6.22. The monoisotopic (exact) mass is 286 g/mol. The van der Waals surface area contributed by atoms with E-state index in [4.69, 9.17) is 16.6 Å². The molecule has 0 atom stereocenters. The molecule has 1 heterocycles. The zero-order chi connectivity index (χ0) is 14.1. The van der Waals surface area contributed by atoms with Crippen molar-refractivity contribution >= 4 is 11.6 Å². The Labute approximate surface area is 125 Å². The van der Waals surface area contributed by atoms with Gasteiger partial charge in [0.15, 0.2) is 5.82 Å². The maximum atomic E-state index is 6.22. The molecule has 0 spiro atoms. The molecule has 1 aliphatic carbocycles. The van der Waals surface area contributed by atoms with Crippen LogP contribution < -0.4 is 0 Å². The van der Waals surface area contributed by atoms with Gasteiger partial charge in [0, 0.05) is 17.2 Å². The lowest BCUT2D eigenvalue weighted by molar-refractivity contribution is 0.695. The lowest BCUT2D eigenvalue weighted by atomic mass is 10.0. The molecule has 3 rings (SSSR count). The average Bonchev–Trinajstić information content (AvgIpc) is 2.95. The van der Waals surface area contributed by atoms with Crippen LogP contribution in [0.15, 0.2) is 24.3 Å². The minimum Gasteiger partial charge on any atom is -0.233 e. The third-order valence-corrected chi connectivity index (χ3v) is 4.53. The fourth-order valence-corrected chi connectivity index (χ4v) is 3.17. The quantitative estimate of drug-likeness (QED) is 0.720. The van der Waals surface area contributed by atoms with E-state index in [9.17, 15) is 0 Å². The van der Waals surface area contributed by atoms with Gasteiger partial charge in [0.2, 0.25) is 0 Å². The van der Waals surface area contributed by atoms with Gasteiger partial charge in [-0.3, -0.25) is 0 Å². The molecule has 1 aromatic heterocycles. The van der Waals surface area contributed by atoms with Crippen LogP contribution in [0.25, 0.3) is 11.4 Å². The van der Waals surface area contributed by atoms with Crippen LogP contribution in [-0.2, 0) is 0 Å². The van der Waals surface area contributed by atoms with Crippen molar-refractivity contribution < 1.29 is 0 Å². The Morgan fingerprint density at radius 3 is 2.60 bits per heavy atom. The molecular formula is C17H19ClN2. The molecular weight excluding hydrogens is 268 g/mol. The molecule has 1 fully saturated rings. The SMILES string of the molecule is Cc1cccc(-c2nc(Cl)cc(C3CCCC3)n2)c1C. The summed E-state index contributed by atoms with van der Waals surface area (Å²) in [6, 6.07) is 8.18. The molecule has 2 nitrogen and oxygen atoms in total. The Bertz CT molecular complexity index is 631. The fourth-order valence-electron chi connectivity index (χ4n) is 2.98. The predicted octanol–water partition coefficient (Wildman–Crippen LogP) is 5.07. The second-order valence-corrected chi connectivity index (χ2v) is 6.06. The van der Waals surface area contributed by atoms with Crippen molar-refractivity contribution in [1.29, 1.82) is 0 Å². The van der Waals surface area contributed by atoms with Crippen LogP contribution >= 0.6 is 11.6 Å². The second kappa shape index (κ2) is 5.53. The van der Waals surface area contributed by atoms with Crippen LogP contribution in [0, 0.1) is 13.8 Å². The highest BCUT2D eigenvalue weighted by molar-refractivity contribution is 6.29. The van der Waals surface area contributed by atoms with Crippen LogP contribution in [0.3, 0.4) is 0 Å². The van der Waals surface area contributed by atoms with Gasteiger partial charge >= 0.3 is 0 Å². The minimum atomic E-state index is 0.554. The van der Waals surface area contributed by atoms with Crippen LogP contribution in [0.4, 0.5) is 0 Å².